The summed E-state index contributed by atoms with van der Waals surface area (Å²) < 4.78 is 6.39. The molecule has 0 aromatic heterocycles. The number of anilines is 1. The zero-order chi connectivity index (χ0) is 18.5. The smallest absolute Gasteiger partial charge is 0.253 e. The highest BCUT2D eigenvalue weighted by molar-refractivity contribution is 9.10. The second kappa shape index (κ2) is 8.47. The molecule has 0 unspecified atom stereocenters. The number of carbonyl (C=O) groups is 2. The molecule has 6 heteroatoms. The molecule has 1 aliphatic heterocycles. The molecule has 1 saturated heterocycles. The summed E-state index contributed by atoms with van der Waals surface area (Å²) in [6.07, 6.45) is 1.24. The Morgan fingerprint density at radius 1 is 1.23 bits per heavy atom. The minimum absolute atomic E-state index is 0.0962. The maximum atomic E-state index is 12.7. The SMILES string of the molecule is CN(Cc1ccc(Br)cc1)C(=O)c1cccc(NC(=O)[C@@H]2CCCO2)c1. The Bertz CT molecular complexity index is 786. The van der Waals surface area contributed by atoms with Crippen LogP contribution in [0.4, 0.5) is 5.69 Å². The number of carbonyl (C=O) groups excluding carboxylic acids is 2. The van der Waals surface area contributed by atoms with Crippen LogP contribution in [0.5, 0.6) is 0 Å². The summed E-state index contributed by atoms with van der Waals surface area (Å²) in [5, 5.41) is 2.83. The Morgan fingerprint density at radius 3 is 2.69 bits per heavy atom. The number of hydrogen-bond acceptors (Lipinski definition) is 3. The predicted molar refractivity (Wildman–Crippen MR) is 104 cm³/mol. The summed E-state index contributed by atoms with van der Waals surface area (Å²) in [5.74, 6) is -0.253. The van der Waals surface area contributed by atoms with Crippen LogP contribution < -0.4 is 5.32 Å². The van der Waals surface area contributed by atoms with Crippen molar-refractivity contribution in [3.8, 4) is 0 Å². The van der Waals surface area contributed by atoms with Crippen LogP contribution >= 0.6 is 15.9 Å². The van der Waals surface area contributed by atoms with Gasteiger partial charge in [0, 0.05) is 35.9 Å². The lowest BCUT2D eigenvalue weighted by Gasteiger charge is -2.18. The van der Waals surface area contributed by atoms with Gasteiger partial charge in [0.2, 0.25) is 0 Å². The molecule has 0 saturated carbocycles. The molecule has 1 fully saturated rings. The maximum absolute atomic E-state index is 12.7. The van der Waals surface area contributed by atoms with Crippen molar-refractivity contribution in [3.05, 3.63) is 64.1 Å². The highest BCUT2D eigenvalue weighted by atomic mass is 79.9. The second-order valence-corrected chi connectivity index (χ2v) is 7.28. The molecule has 1 atom stereocenters. The van der Waals surface area contributed by atoms with Crippen LogP contribution in [-0.4, -0.2) is 36.5 Å². The van der Waals surface area contributed by atoms with E-state index in [9.17, 15) is 9.59 Å². The molecule has 1 N–H and O–H groups in total. The molecule has 3 rings (SSSR count). The fourth-order valence-corrected chi connectivity index (χ4v) is 3.16. The summed E-state index contributed by atoms with van der Waals surface area (Å²) in [5.41, 5.74) is 2.19. The lowest BCUT2D eigenvalue weighted by Crippen LogP contribution is -2.28. The molecule has 2 aromatic carbocycles. The molecule has 2 amide bonds. The average molecular weight is 417 g/mol. The number of amides is 2. The molecule has 1 aliphatic rings. The largest absolute Gasteiger partial charge is 0.368 e. The molecule has 5 nitrogen and oxygen atoms in total. The molecule has 2 aromatic rings. The van der Waals surface area contributed by atoms with Gasteiger partial charge in [0.1, 0.15) is 6.10 Å². The highest BCUT2D eigenvalue weighted by Gasteiger charge is 2.23. The summed E-state index contributed by atoms with van der Waals surface area (Å²) in [6.45, 7) is 1.13. The van der Waals surface area contributed by atoms with Crippen molar-refractivity contribution in [2.75, 3.05) is 19.0 Å². The predicted octanol–water partition coefficient (Wildman–Crippen LogP) is 3.84. The van der Waals surface area contributed by atoms with Crippen molar-refractivity contribution in [2.45, 2.75) is 25.5 Å². The van der Waals surface area contributed by atoms with Crippen LogP contribution in [0.15, 0.2) is 53.0 Å². The van der Waals surface area contributed by atoms with Gasteiger partial charge in [0.15, 0.2) is 0 Å². The minimum Gasteiger partial charge on any atom is -0.368 e. The Hall–Kier alpha value is -2.18. The van der Waals surface area contributed by atoms with Crippen molar-refractivity contribution >= 4 is 33.4 Å². The number of benzene rings is 2. The van der Waals surface area contributed by atoms with Gasteiger partial charge in [0.25, 0.3) is 11.8 Å². The van der Waals surface area contributed by atoms with Gasteiger partial charge in [0.05, 0.1) is 0 Å². The first-order valence-electron chi connectivity index (χ1n) is 8.55. The highest BCUT2D eigenvalue weighted by Crippen LogP contribution is 2.18. The van der Waals surface area contributed by atoms with Gasteiger partial charge in [-0.2, -0.15) is 0 Å². The Morgan fingerprint density at radius 2 is 2.00 bits per heavy atom. The maximum Gasteiger partial charge on any atom is 0.253 e. The number of hydrogen-bond donors (Lipinski definition) is 1. The molecule has 1 heterocycles. The van der Waals surface area contributed by atoms with Gasteiger partial charge >= 0.3 is 0 Å². The van der Waals surface area contributed by atoms with Crippen LogP contribution in [-0.2, 0) is 16.1 Å². The number of nitrogens with zero attached hydrogens (tertiary/aromatic N) is 1. The third kappa shape index (κ3) is 4.71. The van der Waals surface area contributed by atoms with E-state index < -0.39 is 6.10 Å². The van der Waals surface area contributed by atoms with Gasteiger partial charge in [-0.15, -0.1) is 0 Å². The van der Waals surface area contributed by atoms with E-state index in [0.717, 1.165) is 22.9 Å². The molecule has 0 aliphatic carbocycles. The monoisotopic (exact) mass is 416 g/mol. The fraction of sp³-hybridized carbons (Fsp3) is 0.300. The number of ether oxygens (including phenoxy) is 1. The molecule has 136 valence electrons. The van der Waals surface area contributed by atoms with Crippen molar-refractivity contribution in [2.24, 2.45) is 0 Å². The van der Waals surface area contributed by atoms with Gasteiger partial charge in [-0.1, -0.05) is 34.1 Å². The first-order valence-corrected chi connectivity index (χ1v) is 9.34. The zero-order valence-electron chi connectivity index (χ0n) is 14.6. The lowest BCUT2D eigenvalue weighted by molar-refractivity contribution is -0.124. The Labute approximate surface area is 161 Å². The third-order valence-corrected chi connectivity index (χ3v) is 4.81. The molecule has 0 radical (unpaired) electrons. The molecular weight excluding hydrogens is 396 g/mol. The van der Waals surface area contributed by atoms with E-state index in [-0.39, 0.29) is 11.8 Å². The third-order valence-electron chi connectivity index (χ3n) is 4.28. The fourth-order valence-electron chi connectivity index (χ4n) is 2.89. The van der Waals surface area contributed by atoms with Gasteiger partial charge in [-0.3, -0.25) is 9.59 Å². The van der Waals surface area contributed by atoms with Crippen molar-refractivity contribution in [1.29, 1.82) is 0 Å². The summed E-state index contributed by atoms with van der Waals surface area (Å²) in [6, 6.07) is 14.9. The quantitative estimate of drug-likeness (QED) is 0.805. The van der Waals surface area contributed by atoms with Crippen LogP contribution in [0.1, 0.15) is 28.8 Å². The first kappa shape index (κ1) is 18.6. The second-order valence-electron chi connectivity index (χ2n) is 6.36. The topological polar surface area (TPSA) is 58.6 Å². The normalized spacial score (nSPS) is 16.3. The van der Waals surface area contributed by atoms with Crippen molar-refractivity contribution in [3.63, 3.8) is 0 Å². The van der Waals surface area contributed by atoms with Crippen molar-refractivity contribution < 1.29 is 14.3 Å². The molecular formula is C20H21BrN2O3. The van der Waals surface area contributed by atoms with E-state index in [0.29, 0.717) is 24.4 Å². The summed E-state index contributed by atoms with van der Waals surface area (Å²) in [7, 11) is 1.77. The summed E-state index contributed by atoms with van der Waals surface area (Å²) >= 11 is 3.41. The molecule has 0 spiro atoms. The molecule has 26 heavy (non-hydrogen) atoms. The Kier molecular flexibility index (Phi) is 6.06. The number of nitrogens with one attached hydrogen (secondary N) is 1. The first-order chi connectivity index (χ1) is 12.5. The average Bonchev–Trinajstić information content (AvgIpc) is 3.18. The van der Waals surface area contributed by atoms with E-state index >= 15 is 0 Å². The van der Waals surface area contributed by atoms with E-state index in [1.807, 2.05) is 24.3 Å². The minimum atomic E-state index is -0.394. The number of halogens is 1. The lowest BCUT2D eigenvalue weighted by atomic mass is 10.1. The van der Waals surface area contributed by atoms with Gasteiger partial charge in [-0.05, 0) is 48.7 Å². The molecule has 0 bridgehead atoms. The van der Waals surface area contributed by atoms with Crippen LogP contribution in [0.2, 0.25) is 0 Å². The van der Waals surface area contributed by atoms with Crippen LogP contribution in [0.25, 0.3) is 0 Å². The number of rotatable bonds is 5. The van der Waals surface area contributed by atoms with E-state index in [4.69, 9.17) is 4.74 Å². The Balaban J connectivity index is 1.65. The van der Waals surface area contributed by atoms with E-state index in [1.165, 1.54) is 0 Å². The van der Waals surface area contributed by atoms with E-state index in [1.54, 1.807) is 36.2 Å². The van der Waals surface area contributed by atoms with Crippen LogP contribution in [0.3, 0.4) is 0 Å². The summed E-state index contributed by atoms with van der Waals surface area (Å²) in [4.78, 5) is 26.5. The standard InChI is InChI=1S/C20H21BrN2O3/c1-23(13-14-7-9-16(21)10-8-14)20(25)15-4-2-5-17(12-15)22-19(24)18-6-3-11-26-18/h2,4-5,7-10,12,18H,3,6,11,13H2,1H3,(H,22,24)/t18-/m0/s1. The van der Waals surface area contributed by atoms with Crippen molar-refractivity contribution in [1.82, 2.24) is 4.90 Å². The van der Waals surface area contributed by atoms with Gasteiger partial charge < -0.3 is 15.0 Å². The van der Waals surface area contributed by atoms with E-state index in [2.05, 4.69) is 21.2 Å². The van der Waals surface area contributed by atoms with Crippen LogP contribution in [0, 0.1) is 0 Å². The zero-order valence-corrected chi connectivity index (χ0v) is 16.2. The van der Waals surface area contributed by atoms with Gasteiger partial charge in [-0.25, -0.2) is 0 Å².